The Morgan fingerprint density at radius 2 is 2.00 bits per heavy atom. The Morgan fingerprint density at radius 3 is 2.79 bits per heavy atom. The average Bonchev–Trinajstić information content (AvgIpc) is 3.17. The van der Waals surface area contributed by atoms with Gasteiger partial charge in [-0.2, -0.15) is 13.2 Å². The largest absolute Gasteiger partial charge is 0.460 e. The van der Waals surface area contributed by atoms with Gasteiger partial charge in [-0.05, 0) is 63.0 Å². The quantitative estimate of drug-likeness (QED) is 0.458. The van der Waals surface area contributed by atoms with Crippen LogP contribution in [0.25, 0.3) is 5.57 Å². The van der Waals surface area contributed by atoms with Gasteiger partial charge in [0.25, 0.3) is 5.91 Å². The van der Waals surface area contributed by atoms with Crippen LogP contribution in [0.3, 0.4) is 0 Å². The highest BCUT2D eigenvalue weighted by molar-refractivity contribution is 5.97. The first kappa shape index (κ1) is 25.6. The van der Waals surface area contributed by atoms with Gasteiger partial charge in [-0.25, -0.2) is 9.07 Å². The van der Waals surface area contributed by atoms with E-state index in [2.05, 4.69) is 15.3 Å². The van der Waals surface area contributed by atoms with Crippen LogP contribution < -0.4 is 4.90 Å². The molecule has 38 heavy (non-hydrogen) atoms. The zero-order valence-corrected chi connectivity index (χ0v) is 20.6. The minimum Gasteiger partial charge on any atom is -0.460 e. The molecule has 1 amide bonds. The van der Waals surface area contributed by atoms with Crippen molar-refractivity contribution in [2.45, 2.75) is 51.2 Å². The number of aromatic nitrogens is 3. The molecule has 0 bridgehead atoms. The summed E-state index contributed by atoms with van der Waals surface area (Å²) in [4.78, 5) is 18.2. The zero-order chi connectivity index (χ0) is 26.9. The fourth-order valence-electron chi connectivity index (χ4n) is 4.69. The molecule has 1 aromatic carbocycles. The molecule has 2 aromatic rings. The molecule has 3 heterocycles. The lowest BCUT2D eigenvalue weighted by molar-refractivity contribution is -0.134. The number of hydrogen-bond acceptors (Lipinski definition) is 5. The molecule has 0 radical (unpaired) electrons. The Morgan fingerprint density at radius 1 is 1.16 bits per heavy atom. The molecule has 3 aliphatic rings. The second-order valence-corrected chi connectivity index (χ2v) is 9.21. The van der Waals surface area contributed by atoms with Gasteiger partial charge in [-0.3, -0.25) is 9.79 Å². The summed E-state index contributed by atoms with van der Waals surface area (Å²) in [5, 5.41) is 8.25. The highest BCUT2D eigenvalue weighted by Gasteiger charge is 2.40. The zero-order valence-electron chi connectivity index (χ0n) is 20.6. The van der Waals surface area contributed by atoms with Crippen molar-refractivity contribution in [1.82, 2.24) is 15.0 Å². The molecular formula is C27H25F4N5O2. The summed E-state index contributed by atoms with van der Waals surface area (Å²) in [5.74, 6) is 0.0134. The van der Waals surface area contributed by atoms with Crippen LogP contribution in [0.4, 0.5) is 23.2 Å². The van der Waals surface area contributed by atoms with E-state index in [1.54, 1.807) is 6.08 Å². The summed E-state index contributed by atoms with van der Waals surface area (Å²) in [5.41, 5.74) is 2.02. The standard InChI is InChI=1S/C27H25F4N5O2/c1-17-25(9-4-14-32-17)38-19-6-2-5-18(10-11-19)22-15-36(34-33-22)24-13-12-20-21(28)7-3-8-23(20)35(26(24)37)16-27(29,30)31/h3,5-8,10-11,14-15,24H,2,4,9,12-13,16H2,1H3. The molecular weight excluding hydrogens is 502 g/mol. The molecule has 1 aliphatic carbocycles. The number of ether oxygens (including phenoxy) is 1. The third-order valence-electron chi connectivity index (χ3n) is 6.58. The van der Waals surface area contributed by atoms with Crippen LogP contribution >= 0.6 is 0 Å². The number of allylic oxidation sites excluding steroid dienone is 7. The number of rotatable bonds is 5. The van der Waals surface area contributed by atoms with Crippen molar-refractivity contribution < 1.29 is 27.1 Å². The monoisotopic (exact) mass is 527 g/mol. The van der Waals surface area contributed by atoms with E-state index in [1.165, 1.54) is 29.1 Å². The lowest BCUT2D eigenvalue weighted by atomic mass is 10.1. The number of nitrogens with zero attached hydrogens (tertiary/aromatic N) is 5. The minimum atomic E-state index is -4.66. The molecule has 0 saturated carbocycles. The molecule has 0 N–H and O–H groups in total. The smallest absolute Gasteiger partial charge is 0.406 e. The summed E-state index contributed by atoms with van der Waals surface area (Å²) in [6.45, 7) is 0.370. The topological polar surface area (TPSA) is 72.6 Å². The first-order valence-corrected chi connectivity index (χ1v) is 12.3. The molecule has 0 saturated heterocycles. The number of anilines is 1. The van der Waals surface area contributed by atoms with Crippen molar-refractivity contribution in [2.75, 3.05) is 11.4 Å². The van der Waals surface area contributed by atoms with Crippen LogP contribution in [0.2, 0.25) is 0 Å². The van der Waals surface area contributed by atoms with E-state index in [4.69, 9.17) is 4.74 Å². The summed E-state index contributed by atoms with van der Waals surface area (Å²) in [7, 11) is 0. The Labute approximate surface area is 216 Å². The fraction of sp³-hybridized carbons (Fsp3) is 0.333. The summed E-state index contributed by atoms with van der Waals surface area (Å²) < 4.78 is 62.0. The molecule has 1 aromatic heterocycles. The number of hydrogen-bond donors (Lipinski definition) is 0. The van der Waals surface area contributed by atoms with Gasteiger partial charge in [-0.1, -0.05) is 17.4 Å². The summed E-state index contributed by atoms with van der Waals surface area (Å²) in [6.07, 6.45) is 8.47. The Balaban J connectivity index is 1.37. The average molecular weight is 528 g/mol. The summed E-state index contributed by atoms with van der Waals surface area (Å²) in [6, 6.07) is 2.75. The van der Waals surface area contributed by atoms with E-state index < -0.39 is 30.5 Å². The van der Waals surface area contributed by atoms with Crippen LogP contribution in [0, 0.1) is 5.82 Å². The summed E-state index contributed by atoms with van der Waals surface area (Å²) >= 11 is 0. The Bertz CT molecular complexity index is 1400. The van der Waals surface area contributed by atoms with Gasteiger partial charge in [0.1, 0.15) is 35.6 Å². The maximum Gasteiger partial charge on any atom is 0.406 e. The number of carbonyl (C=O) groups is 1. The number of carbonyl (C=O) groups excluding carboxylic acids is 1. The van der Waals surface area contributed by atoms with E-state index in [0.29, 0.717) is 22.8 Å². The first-order valence-electron chi connectivity index (χ1n) is 12.3. The van der Waals surface area contributed by atoms with E-state index in [9.17, 15) is 22.4 Å². The van der Waals surface area contributed by atoms with Gasteiger partial charge in [0.2, 0.25) is 0 Å². The first-order chi connectivity index (χ1) is 18.2. The van der Waals surface area contributed by atoms with Crippen molar-refractivity contribution >= 4 is 23.4 Å². The minimum absolute atomic E-state index is 0.0721. The van der Waals surface area contributed by atoms with Crippen molar-refractivity contribution in [2.24, 2.45) is 4.99 Å². The lowest BCUT2D eigenvalue weighted by Gasteiger charge is -2.26. The van der Waals surface area contributed by atoms with E-state index in [0.717, 1.165) is 29.9 Å². The Kier molecular flexibility index (Phi) is 7.00. The molecule has 11 heteroatoms. The number of aliphatic imine (C=N–C) groups is 1. The van der Waals surface area contributed by atoms with Crippen molar-refractivity contribution in [3.8, 4) is 0 Å². The fourth-order valence-corrected chi connectivity index (χ4v) is 4.69. The van der Waals surface area contributed by atoms with Crippen molar-refractivity contribution in [3.63, 3.8) is 0 Å². The van der Waals surface area contributed by atoms with E-state index >= 15 is 0 Å². The maximum absolute atomic E-state index is 14.5. The van der Waals surface area contributed by atoms with Gasteiger partial charge in [0, 0.05) is 23.8 Å². The second kappa shape index (κ2) is 10.4. The normalized spacial score (nSPS) is 20.1. The third-order valence-corrected chi connectivity index (χ3v) is 6.58. The Hall–Kier alpha value is -4.02. The van der Waals surface area contributed by atoms with Crippen LogP contribution in [-0.4, -0.2) is 39.8 Å². The highest BCUT2D eigenvalue weighted by Crippen LogP contribution is 2.35. The van der Waals surface area contributed by atoms with Gasteiger partial charge < -0.3 is 9.64 Å². The van der Waals surface area contributed by atoms with Crippen LogP contribution in [0.15, 0.2) is 70.9 Å². The molecule has 0 fully saturated rings. The molecule has 198 valence electrons. The van der Waals surface area contributed by atoms with Crippen LogP contribution in [-0.2, 0) is 16.0 Å². The predicted octanol–water partition coefficient (Wildman–Crippen LogP) is 5.84. The van der Waals surface area contributed by atoms with E-state index in [-0.39, 0.29) is 24.1 Å². The van der Waals surface area contributed by atoms with Gasteiger partial charge >= 0.3 is 6.18 Å². The number of fused-ring (bicyclic) bond motifs is 1. The van der Waals surface area contributed by atoms with E-state index in [1.807, 2.05) is 31.4 Å². The SMILES string of the molecule is CC1=C(OC2=CCC=C(c3cn(C4CCc5c(F)cccc5N(CC(F)(F)F)C4=O)nn3)C=C2)CCC=N1. The predicted molar refractivity (Wildman–Crippen MR) is 134 cm³/mol. The van der Waals surface area contributed by atoms with Crippen molar-refractivity contribution in [1.29, 1.82) is 0 Å². The van der Waals surface area contributed by atoms with Gasteiger partial charge in [0.15, 0.2) is 0 Å². The third kappa shape index (κ3) is 5.46. The maximum atomic E-state index is 14.5. The second-order valence-electron chi connectivity index (χ2n) is 9.21. The highest BCUT2D eigenvalue weighted by atomic mass is 19.4. The van der Waals surface area contributed by atoms with Crippen LogP contribution in [0.5, 0.6) is 0 Å². The molecule has 1 atom stereocenters. The number of halogens is 4. The van der Waals surface area contributed by atoms with Gasteiger partial charge in [-0.15, -0.1) is 5.10 Å². The van der Waals surface area contributed by atoms with Crippen LogP contribution in [0.1, 0.15) is 49.9 Å². The number of alkyl halides is 3. The lowest BCUT2D eigenvalue weighted by Crippen LogP contribution is -2.42. The van der Waals surface area contributed by atoms with Gasteiger partial charge in [0.05, 0.1) is 17.6 Å². The molecule has 5 rings (SSSR count). The number of amides is 1. The molecule has 0 spiro atoms. The van der Waals surface area contributed by atoms with Crippen molar-refractivity contribution in [3.05, 3.63) is 83.0 Å². The number of benzene rings is 1. The molecule has 1 unspecified atom stereocenters. The molecule has 7 nitrogen and oxygen atoms in total. The molecule has 2 aliphatic heterocycles.